The Labute approximate surface area is 193 Å². The molecule has 0 aliphatic rings. The first kappa shape index (κ1) is 34.5. The molecule has 0 N–H and O–H groups in total. The number of methoxy groups -OCH3 is 1. The van der Waals surface area contributed by atoms with Crippen molar-refractivity contribution < 1.29 is 9.16 Å². The Morgan fingerprint density at radius 1 is 0.800 bits per heavy atom. The maximum Gasteiger partial charge on any atom is 0.191 e. The van der Waals surface area contributed by atoms with E-state index in [1.165, 1.54) is 19.3 Å². The van der Waals surface area contributed by atoms with Gasteiger partial charge < -0.3 is 9.16 Å². The van der Waals surface area contributed by atoms with Gasteiger partial charge in [0.2, 0.25) is 0 Å². The lowest BCUT2D eigenvalue weighted by atomic mass is 9.79. The molecule has 0 aromatic rings. The second-order valence-electron chi connectivity index (χ2n) is 12.2. The Balaban J connectivity index is -0.000000371. The Kier molecular flexibility index (Phi) is 18.0. The zero-order chi connectivity index (χ0) is 24.8. The van der Waals surface area contributed by atoms with E-state index in [-0.39, 0.29) is 0 Å². The van der Waals surface area contributed by atoms with Gasteiger partial charge in [-0.25, -0.2) is 0 Å². The SMILES string of the molecule is CC/C=C/CCC(C)C(C)(C)C.CCC(OC)C(C)(C)C.CO[Si](C)(C)C(C)(C)C. The second kappa shape index (κ2) is 15.6. The molecular formula is C27H60O2Si. The van der Waals surface area contributed by atoms with Gasteiger partial charge >= 0.3 is 0 Å². The van der Waals surface area contributed by atoms with Gasteiger partial charge in [0.15, 0.2) is 8.32 Å². The minimum absolute atomic E-state index is 0.295. The largest absolute Gasteiger partial charge is 0.420 e. The van der Waals surface area contributed by atoms with E-state index in [1.54, 1.807) is 7.11 Å². The van der Waals surface area contributed by atoms with Gasteiger partial charge in [0, 0.05) is 14.2 Å². The predicted octanol–water partition coefficient (Wildman–Crippen LogP) is 9.51. The first-order chi connectivity index (χ1) is 13.3. The van der Waals surface area contributed by atoms with E-state index in [9.17, 15) is 0 Å². The zero-order valence-electron chi connectivity index (χ0n) is 24.0. The number of ether oxygens (including phenoxy) is 1. The van der Waals surface area contributed by atoms with Crippen LogP contribution in [0.2, 0.25) is 18.1 Å². The molecule has 0 bridgehead atoms. The summed E-state index contributed by atoms with van der Waals surface area (Å²) < 4.78 is 10.7. The third-order valence-electron chi connectivity index (χ3n) is 6.58. The lowest BCUT2D eigenvalue weighted by molar-refractivity contribution is 0.0143. The fourth-order valence-electron chi connectivity index (χ4n) is 2.50. The summed E-state index contributed by atoms with van der Waals surface area (Å²) >= 11 is 0. The molecular weight excluding hydrogens is 384 g/mol. The fraction of sp³-hybridized carbons (Fsp3) is 0.926. The van der Waals surface area contributed by atoms with Gasteiger partial charge in [0.25, 0.3) is 0 Å². The Bertz CT molecular complexity index is 416. The van der Waals surface area contributed by atoms with Crippen LogP contribution in [0.4, 0.5) is 0 Å². The van der Waals surface area contributed by atoms with Crippen LogP contribution in [-0.2, 0) is 9.16 Å². The molecule has 0 fully saturated rings. The van der Waals surface area contributed by atoms with Crippen LogP contribution >= 0.6 is 0 Å². The van der Waals surface area contributed by atoms with Crippen LogP contribution in [0.25, 0.3) is 0 Å². The summed E-state index contributed by atoms with van der Waals surface area (Å²) in [5, 5.41) is 0.363. The molecule has 2 atom stereocenters. The van der Waals surface area contributed by atoms with E-state index >= 15 is 0 Å². The molecule has 0 aliphatic carbocycles. The highest BCUT2D eigenvalue weighted by atomic mass is 28.4. The summed E-state index contributed by atoms with van der Waals surface area (Å²) in [6, 6.07) is 0. The quantitative estimate of drug-likeness (QED) is 0.287. The van der Waals surface area contributed by atoms with Crippen LogP contribution in [0, 0.1) is 16.7 Å². The number of rotatable bonds is 7. The normalized spacial score (nSPS) is 15.1. The second-order valence-corrected chi connectivity index (χ2v) is 17.1. The van der Waals surface area contributed by atoms with Crippen molar-refractivity contribution in [3.05, 3.63) is 12.2 Å². The van der Waals surface area contributed by atoms with Crippen LogP contribution < -0.4 is 0 Å². The molecule has 0 radical (unpaired) electrons. The van der Waals surface area contributed by atoms with E-state index in [4.69, 9.17) is 9.16 Å². The first-order valence-electron chi connectivity index (χ1n) is 12.0. The van der Waals surface area contributed by atoms with Crippen molar-refractivity contribution in [2.24, 2.45) is 16.7 Å². The van der Waals surface area contributed by atoms with Gasteiger partial charge in [-0.2, -0.15) is 0 Å². The standard InChI is InChI=1S/C12H24.C8H18O.C7H18OSi/c1-6-7-8-9-10-11(2)12(3,4)5;1-6-7(9-5)8(2,3)4;1-7(2,3)9(5,6)8-4/h7-8,11H,6,9-10H2,1-5H3;7H,6H2,1-5H3;1-6H3/b8-7+;;. The van der Waals surface area contributed by atoms with E-state index in [2.05, 4.69) is 108 Å². The first-order valence-corrected chi connectivity index (χ1v) is 14.9. The molecule has 0 amide bonds. The maximum atomic E-state index is 5.44. The van der Waals surface area contributed by atoms with Crippen molar-refractivity contribution in [3.63, 3.8) is 0 Å². The monoisotopic (exact) mass is 444 g/mol. The maximum absolute atomic E-state index is 5.44. The highest BCUT2D eigenvalue weighted by Crippen LogP contribution is 2.35. The van der Waals surface area contributed by atoms with Gasteiger partial charge in [0.1, 0.15) is 0 Å². The summed E-state index contributed by atoms with van der Waals surface area (Å²) in [4.78, 5) is 0. The molecule has 184 valence electrons. The highest BCUT2D eigenvalue weighted by molar-refractivity contribution is 6.74. The van der Waals surface area contributed by atoms with Crippen molar-refractivity contribution in [1.82, 2.24) is 0 Å². The molecule has 0 rings (SSSR count). The molecule has 2 unspecified atom stereocenters. The number of allylic oxidation sites excluding steroid dienone is 2. The van der Waals surface area contributed by atoms with Crippen molar-refractivity contribution in [1.29, 1.82) is 0 Å². The lowest BCUT2D eigenvalue weighted by Gasteiger charge is -2.34. The van der Waals surface area contributed by atoms with Gasteiger partial charge in [-0.05, 0) is 60.6 Å². The molecule has 0 saturated carbocycles. The minimum Gasteiger partial charge on any atom is -0.420 e. The van der Waals surface area contributed by atoms with Crippen LogP contribution in [0.5, 0.6) is 0 Å². The minimum atomic E-state index is -1.38. The van der Waals surface area contributed by atoms with E-state index < -0.39 is 8.32 Å². The van der Waals surface area contributed by atoms with Crippen LogP contribution in [0.15, 0.2) is 12.2 Å². The van der Waals surface area contributed by atoms with Gasteiger partial charge in [-0.3, -0.25) is 0 Å². The van der Waals surface area contributed by atoms with Gasteiger partial charge in [-0.15, -0.1) is 0 Å². The average Bonchev–Trinajstić information content (AvgIpc) is 2.57. The summed E-state index contributed by atoms with van der Waals surface area (Å²) in [5.74, 6) is 0.819. The summed E-state index contributed by atoms with van der Waals surface area (Å²) in [6.45, 7) is 31.4. The molecule has 0 aliphatic heterocycles. The molecule has 30 heavy (non-hydrogen) atoms. The lowest BCUT2D eigenvalue weighted by Crippen LogP contribution is -2.39. The number of hydrogen-bond acceptors (Lipinski definition) is 2. The van der Waals surface area contributed by atoms with Crippen molar-refractivity contribution in [3.8, 4) is 0 Å². The third-order valence-corrected chi connectivity index (χ3v) is 11.2. The van der Waals surface area contributed by atoms with Gasteiger partial charge in [0.05, 0.1) is 6.10 Å². The predicted molar refractivity (Wildman–Crippen MR) is 142 cm³/mol. The number of hydrogen-bond donors (Lipinski definition) is 0. The average molecular weight is 445 g/mol. The Morgan fingerprint density at radius 2 is 1.27 bits per heavy atom. The molecule has 0 saturated heterocycles. The smallest absolute Gasteiger partial charge is 0.191 e. The zero-order valence-corrected chi connectivity index (χ0v) is 25.0. The topological polar surface area (TPSA) is 18.5 Å². The molecule has 0 spiro atoms. The van der Waals surface area contributed by atoms with E-state index in [1.807, 2.05) is 7.11 Å². The molecule has 0 aromatic carbocycles. The molecule has 0 aromatic heterocycles. The summed E-state index contributed by atoms with van der Waals surface area (Å²) in [5.41, 5.74) is 0.767. The summed E-state index contributed by atoms with van der Waals surface area (Å²) in [6.07, 6.45) is 9.80. The van der Waals surface area contributed by atoms with E-state index in [0.29, 0.717) is 22.0 Å². The van der Waals surface area contributed by atoms with Crippen LogP contribution in [-0.4, -0.2) is 28.6 Å². The molecule has 3 heteroatoms. The van der Waals surface area contributed by atoms with Crippen LogP contribution in [0.1, 0.15) is 109 Å². The van der Waals surface area contributed by atoms with Crippen molar-refractivity contribution in [2.75, 3.05) is 14.2 Å². The third kappa shape index (κ3) is 17.5. The van der Waals surface area contributed by atoms with E-state index in [0.717, 1.165) is 12.3 Å². The Hall–Kier alpha value is -0.123. The highest BCUT2D eigenvalue weighted by Gasteiger charge is 2.35. The summed E-state index contributed by atoms with van der Waals surface area (Å²) in [7, 11) is 2.22. The van der Waals surface area contributed by atoms with Crippen LogP contribution in [0.3, 0.4) is 0 Å². The Morgan fingerprint density at radius 3 is 1.43 bits per heavy atom. The fourth-order valence-corrected chi connectivity index (χ4v) is 3.11. The van der Waals surface area contributed by atoms with Crippen molar-refractivity contribution in [2.45, 2.75) is 133 Å². The van der Waals surface area contributed by atoms with Crippen molar-refractivity contribution >= 4 is 8.32 Å². The molecule has 2 nitrogen and oxygen atoms in total. The molecule has 0 heterocycles. The van der Waals surface area contributed by atoms with Gasteiger partial charge in [-0.1, -0.05) is 95.2 Å².